The van der Waals surface area contributed by atoms with Gasteiger partial charge in [-0.05, 0) is 24.3 Å². The molecule has 1 aromatic heterocycles. The van der Waals surface area contributed by atoms with E-state index in [2.05, 4.69) is 10.5 Å². The van der Waals surface area contributed by atoms with E-state index in [1.165, 1.54) is 0 Å². The van der Waals surface area contributed by atoms with Crippen LogP contribution in [0.4, 0.5) is 11.4 Å². The van der Waals surface area contributed by atoms with E-state index < -0.39 is 0 Å². The van der Waals surface area contributed by atoms with Gasteiger partial charge in [0.2, 0.25) is 0 Å². The molecular formula is C19H19N3O3. The van der Waals surface area contributed by atoms with Crippen molar-refractivity contribution in [1.29, 1.82) is 0 Å². The highest BCUT2D eigenvalue weighted by atomic mass is 16.5. The first-order valence-electron chi connectivity index (χ1n) is 7.93. The van der Waals surface area contributed by atoms with E-state index in [1.54, 1.807) is 18.2 Å². The Kier molecular flexibility index (Phi) is 5.11. The lowest BCUT2D eigenvalue weighted by Gasteiger charge is -2.18. The largest absolute Gasteiger partial charge is 0.395 e. The number of hydrogen-bond acceptors (Lipinski definition) is 5. The van der Waals surface area contributed by atoms with Crippen LogP contribution in [0.1, 0.15) is 10.5 Å². The highest BCUT2D eigenvalue weighted by molar-refractivity contribution is 6.03. The standard InChI is InChI=1S/C19H19N3O3/c1-22(11-12-23)16-9-7-15(8-10-16)20-19(24)17-13-18(25-21-17)14-5-3-2-4-6-14/h2-10,13,23H,11-12H2,1H3,(H,20,24). The Morgan fingerprint density at radius 1 is 1.16 bits per heavy atom. The van der Waals surface area contributed by atoms with Crippen molar-refractivity contribution in [2.24, 2.45) is 0 Å². The number of carbonyl (C=O) groups excluding carboxylic acids is 1. The molecule has 0 aliphatic heterocycles. The van der Waals surface area contributed by atoms with E-state index in [1.807, 2.05) is 54.4 Å². The number of nitrogens with one attached hydrogen (secondary N) is 1. The molecule has 0 unspecified atom stereocenters. The zero-order valence-corrected chi connectivity index (χ0v) is 13.8. The van der Waals surface area contributed by atoms with Crippen LogP contribution >= 0.6 is 0 Å². The highest BCUT2D eigenvalue weighted by Crippen LogP contribution is 2.21. The Morgan fingerprint density at radius 3 is 2.56 bits per heavy atom. The van der Waals surface area contributed by atoms with Gasteiger partial charge < -0.3 is 19.8 Å². The van der Waals surface area contributed by atoms with Crippen LogP contribution in [-0.4, -0.2) is 36.4 Å². The minimum absolute atomic E-state index is 0.0882. The molecule has 0 radical (unpaired) electrons. The summed E-state index contributed by atoms with van der Waals surface area (Å²) in [6.07, 6.45) is 0. The molecule has 0 saturated carbocycles. The average molecular weight is 337 g/mol. The van der Waals surface area contributed by atoms with Gasteiger partial charge in [0.25, 0.3) is 5.91 Å². The topological polar surface area (TPSA) is 78.6 Å². The second-order valence-corrected chi connectivity index (χ2v) is 5.59. The number of hydrogen-bond donors (Lipinski definition) is 2. The third-order valence-electron chi connectivity index (χ3n) is 3.80. The highest BCUT2D eigenvalue weighted by Gasteiger charge is 2.14. The molecule has 3 aromatic rings. The molecule has 3 rings (SSSR count). The molecule has 25 heavy (non-hydrogen) atoms. The molecule has 0 aliphatic carbocycles. The number of nitrogens with zero attached hydrogens (tertiary/aromatic N) is 2. The number of benzene rings is 2. The van der Waals surface area contributed by atoms with Crippen LogP contribution in [0.2, 0.25) is 0 Å². The SMILES string of the molecule is CN(CCO)c1ccc(NC(=O)c2cc(-c3ccccc3)on2)cc1. The van der Waals surface area contributed by atoms with E-state index in [4.69, 9.17) is 9.63 Å². The minimum atomic E-state index is -0.331. The van der Waals surface area contributed by atoms with E-state index in [9.17, 15) is 4.79 Å². The number of rotatable bonds is 6. The molecule has 1 heterocycles. The Labute approximate surface area is 145 Å². The van der Waals surface area contributed by atoms with Crippen molar-refractivity contribution in [3.05, 3.63) is 66.4 Å². The van der Waals surface area contributed by atoms with Crippen molar-refractivity contribution in [3.8, 4) is 11.3 Å². The van der Waals surface area contributed by atoms with Gasteiger partial charge in [-0.1, -0.05) is 35.5 Å². The summed E-state index contributed by atoms with van der Waals surface area (Å²) in [5.74, 6) is 0.217. The summed E-state index contributed by atoms with van der Waals surface area (Å²) >= 11 is 0. The number of likely N-dealkylation sites (N-methyl/N-ethyl adjacent to an activating group) is 1. The predicted octanol–water partition coefficient (Wildman–Crippen LogP) is 3.02. The van der Waals surface area contributed by atoms with Gasteiger partial charge in [-0.3, -0.25) is 4.79 Å². The first kappa shape index (κ1) is 16.7. The van der Waals surface area contributed by atoms with Crippen LogP contribution in [0.3, 0.4) is 0 Å². The first-order chi connectivity index (χ1) is 12.2. The second-order valence-electron chi connectivity index (χ2n) is 5.59. The molecular weight excluding hydrogens is 318 g/mol. The monoisotopic (exact) mass is 337 g/mol. The molecule has 0 fully saturated rings. The Morgan fingerprint density at radius 2 is 1.88 bits per heavy atom. The molecule has 2 N–H and O–H groups in total. The average Bonchev–Trinajstić information content (AvgIpc) is 3.13. The van der Waals surface area contributed by atoms with Gasteiger partial charge in [0.05, 0.1) is 6.61 Å². The molecule has 0 atom stereocenters. The van der Waals surface area contributed by atoms with Crippen molar-refractivity contribution in [2.75, 3.05) is 30.4 Å². The lowest BCUT2D eigenvalue weighted by molar-refractivity contribution is 0.101. The van der Waals surface area contributed by atoms with Gasteiger partial charge in [0, 0.05) is 36.6 Å². The fraction of sp³-hybridized carbons (Fsp3) is 0.158. The molecule has 6 heteroatoms. The molecule has 128 valence electrons. The molecule has 0 saturated heterocycles. The normalized spacial score (nSPS) is 10.5. The van der Waals surface area contributed by atoms with Crippen molar-refractivity contribution in [1.82, 2.24) is 5.16 Å². The molecule has 0 aliphatic rings. The molecule has 2 aromatic carbocycles. The second kappa shape index (κ2) is 7.63. The lowest BCUT2D eigenvalue weighted by Crippen LogP contribution is -2.21. The fourth-order valence-electron chi connectivity index (χ4n) is 2.39. The van der Waals surface area contributed by atoms with E-state index in [0.29, 0.717) is 18.0 Å². The van der Waals surface area contributed by atoms with Crippen molar-refractivity contribution in [3.63, 3.8) is 0 Å². The lowest BCUT2D eigenvalue weighted by atomic mass is 10.1. The number of anilines is 2. The zero-order chi connectivity index (χ0) is 17.6. The summed E-state index contributed by atoms with van der Waals surface area (Å²) in [6, 6.07) is 18.5. The predicted molar refractivity (Wildman–Crippen MR) is 96.7 cm³/mol. The number of amides is 1. The Hall–Kier alpha value is -3.12. The van der Waals surface area contributed by atoms with E-state index in [-0.39, 0.29) is 18.2 Å². The Balaban J connectivity index is 1.67. The van der Waals surface area contributed by atoms with Gasteiger partial charge >= 0.3 is 0 Å². The van der Waals surface area contributed by atoms with Crippen molar-refractivity contribution < 1.29 is 14.4 Å². The third kappa shape index (κ3) is 4.05. The number of aliphatic hydroxyl groups is 1. The summed E-state index contributed by atoms with van der Waals surface area (Å²) in [6.45, 7) is 0.637. The van der Waals surface area contributed by atoms with Gasteiger partial charge in [-0.25, -0.2) is 0 Å². The third-order valence-corrected chi connectivity index (χ3v) is 3.80. The van der Waals surface area contributed by atoms with Gasteiger partial charge in [-0.15, -0.1) is 0 Å². The van der Waals surface area contributed by atoms with E-state index in [0.717, 1.165) is 11.3 Å². The van der Waals surface area contributed by atoms with Crippen LogP contribution < -0.4 is 10.2 Å². The van der Waals surface area contributed by atoms with Crippen LogP contribution in [0.25, 0.3) is 11.3 Å². The maximum Gasteiger partial charge on any atom is 0.277 e. The smallest absolute Gasteiger partial charge is 0.277 e. The van der Waals surface area contributed by atoms with Crippen molar-refractivity contribution >= 4 is 17.3 Å². The van der Waals surface area contributed by atoms with Gasteiger partial charge in [0.1, 0.15) is 0 Å². The minimum Gasteiger partial charge on any atom is -0.395 e. The summed E-state index contributed by atoms with van der Waals surface area (Å²) in [7, 11) is 1.89. The molecule has 0 spiro atoms. The van der Waals surface area contributed by atoms with Gasteiger partial charge in [-0.2, -0.15) is 0 Å². The van der Waals surface area contributed by atoms with Gasteiger partial charge in [0.15, 0.2) is 11.5 Å². The molecule has 0 bridgehead atoms. The maximum atomic E-state index is 12.3. The Bertz CT molecular complexity index is 829. The summed E-state index contributed by atoms with van der Waals surface area (Å²) in [5.41, 5.74) is 2.71. The number of aromatic nitrogens is 1. The first-order valence-corrected chi connectivity index (χ1v) is 7.93. The number of aliphatic hydroxyl groups excluding tert-OH is 1. The van der Waals surface area contributed by atoms with Crippen molar-refractivity contribution in [2.45, 2.75) is 0 Å². The maximum absolute atomic E-state index is 12.3. The summed E-state index contributed by atoms with van der Waals surface area (Å²) in [4.78, 5) is 14.2. The van der Waals surface area contributed by atoms with Crippen LogP contribution in [0, 0.1) is 0 Å². The quantitative estimate of drug-likeness (QED) is 0.723. The zero-order valence-electron chi connectivity index (χ0n) is 13.8. The molecule has 6 nitrogen and oxygen atoms in total. The summed E-state index contributed by atoms with van der Waals surface area (Å²) in [5, 5.41) is 15.6. The molecule has 1 amide bonds. The van der Waals surface area contributed by atoms with Crippen LogP contribution in [-0.2, 0) is 0 Å². The fourth-order valence-corrected chi connectivity index (χ4v) is 2.39. The number of carbonyl (C=O) groups is 1. The van der Waals surface area contributed by atoms with Crippen LogP contribution in [0.5, 0.6) is 0 Å². The summed E-state index contributed by atoms with van der Waals surface area (Å²) < 4.78 is 5.25. The van der Waals surface area contributed by atoms with Crippen LogP contribution in [0.15, 0.2) is 65.2 Å². The van der Waals surface area contributed by atoms with E-state index >= 15 is 0 Å².